The van der Waals surface area contributed by atoms with E-state index in [2.05, 4.69) is 4.98 Å². The number of ether oxygens (including phenoxy) is 1. The van der Waals surface area contributed by atoms with E-state index in [4.69, 9.17) is 4.74 Å². The maximum absolute atomic E-state index is 13.1. The molecule has 21 heavy (non-hydrogen) atoms. The molecule has 0 radical (unpaired) electrons. The molecule has 1 aromatic carbocycles. The van der Waals surface area contributed by atoms with E-state index in [1.54, 1.807) is 36.3 Å². The number of halogens is 1. The fourth-order valence-electron chi connectivity index (χ4n) is 2.30. The minimum Gasteiger partial charge on any atom is -0.489 e. The molecule has 0 bridgehead atoms. The lowest BCUT2D eigenvalue weighted by molar-refractivity contribution is 0.0779. The van der Waals surface area contributed by atoms with Crippen molar-refractivity contribution in [2.45, 2.75) is 13.0 Å². The zero-order chi connectivity index (χ0) is 14.8. The van der Waals surface area contributed by atoms with E-state index in [0.29, 0.717) is 17.9 Å². The van der Waals surface area contributed by atoms with Crippen LogP contribution < -0.4 is 4.74 Å². The molecule has 0 saturated carbocycles. The van der Waals surface area contributed by atoms with Crippen molar-refractivity contribution in [1.29, 1.82) is 0 Å². The Kier molecular flexibility index (Phi) is 3.56. The van der Waals surface area contributed by atoms with Crippen LogP contribution in [-0.4, -0.2) is 29.4 Å². The van der Waals surface area contributed by atoms with Crippen LogP contribution in [0.15, 0.2) is 36.5 Å². The molecule has 108 valence electrons. The third kappa shape index (κ3) is 2.86. The fourth-order valence-corrected chi connectivity index (χ4v) is 2.30. The molecule has 1 aliphatic heterocycles. The summed E-state index contributed by atoms with van der Waals surface area (Å²) in [7, 11) is 1.78. The largest absolute Gasteiger partial charge is 0.489 e. The molecule has 1 amide bonds. The third-order valence-electron chi connectivity index (χ3n) is 3.49. The number of aromatic nitrogens is 1. The van der Waals surface area contributed by atoms with E-state index in [1.807, 2.05) is 0 Å². The smallest absolute Gasteiger partial charge is 0.255 e. The van der Waals surface area contributed by atoms with Crippen molar-refractivity contribution in [2.75, 3.05) is 13.6 Å². The predicted molar refractivity (Wildman–Crippen MR) is 75.6 cm³/mol. The van der Waals surface area contributed by atoms with Gasteiger partial charge in [0.2, 0.25) is 0 Å². The van der Waals surface area contributed by atoms with Crippen LogP contribution in [0.25, 0.3) is 0 Å². The number of benzene rings is 1. The Morgan fingerprint density at radius 3 is 3.05 bits per heavy atom. The van der Waals surface area contributed by atoms with Gasteiger partial charge in [-0.25, -0.2) is 4.39 Å². The van der Waals surface area contributed by atoms with Gasteiger partial charge in [-0.15, -0.1) is 0 Å². The van der Waals surface area contributed by atoms with Gasteiger partial charge in [0.1, 0.15) is 18.2 Å². The van der Waals surface area contributed by atoms with Gasteiger partial charge in [-0.3, -0.25) is 9.78 Å². The summed E-state index contributed by atoms with van der Waals surface area (Å²) < 4.78 is 18.6. The van der Waals surface area contributed by atoms with Crippen molar-refractivity contribution in [2.24, 2.45) is 0 Å². The molecule has 3 rings (SSSR count). The number of carbonyl (C=O) groups excluding carboxylic acids is 1. The average molecular weight is 286 g/mol. The molecule has 0 unspecified atom stereocenters. The molecular weight excluding hydrogens is 271 g/mol. The average Bonchev–Trinajstić information content (AvgIpc) is 2.49. The highest BCUT2D eigenvalue weighted by atomic mass is 19.1. The number of hydrogen-bond acceptors (Lipinski definition) is 3. The van der Waals surface area contributed by atoms with Crippen LogP contribution in [0, 0.1) is 5.82 Å². The monoisotopic (exact) mass is 286 g/mol. The lowest BCUT2D eigenvalue weighted by Crippen LogP contribution is -2.34. The maximum atomic E-state index is 13.1. The molecule has 0 aliphatic carbocycles. The zero-order valence-electron chi connectivity index (χ0n) is 11.7. The number of fused-ring (bicyclic) bond motifs is 1. The van der Waals surface area contributed by atoms with E-state index in [0.717, 1.165) is 17.7 Å². The molecule has 0 fully saturated rings. The van der Waals surface area contributed by atoms with Gasteiger partial charge in [-0.05, 0) is 18.2 Å². The second kappa shape index (κ2) is 5.52. The lowest BCUT2D eigenvalue weighted by Gasteiger charge is -2.24. The first kappa shape index (κ1) is 13.5. The molecule has 1 aromatic heterocycles. The highest BCUT2D eigenvalue weighted by molar-refractivity contribution is 5.96. The van der Waals surface area contributed by atoms with Crippen molar-refractivity contribution in [3.05, 3.63) is 59.2 Å². The van der Waals surface area contributed by atoms with E-state index in [9.17, 15) is 9.18 Å². The Hall–Kier alpha value is -2.43. The van der Waals surface area contributed by atoms with Crippen molar-refractivity contribution in [1.82, 2.24) is 9.88 Å². The molecule has 5 heteroatoms. The normalized spacial score (nSPS) is 14.0. The molecule has 2 heterocycles. The van der Waals surface area contributed by atoms with E-state index in [-0.39, 0.29) is 18.3 Å². The molecule has 0 N–H and O–H groups in total. The molecule has 1 aliphatic rings. The zero-order valence-corrected chi connectivity index (χ0v) is 11.7. The topological polar surface area (TPSA) is 42.4 Å². The molecule has 0 atom stereocenters. The van der Waals surface area contributed by atoms with Crippen molar-refractivity contribution in [3.63, 3.8) is 0 Å². The second-order valence-electron chi connectivity index (χ2n) is 5.06. The maximum Gasteiger partial charge on any atom is 0.255 e. The molecule has 2 aromatic rings. The quantitative estimate of drug-likeness (QED) is 0.870. The summed E-state index contributed by atoms with van der Waals surface area (Å²) in [6.45, 7) is 0.943. The summed E-state index contributed by atoms with van der Waals surface area (Å²) in [6.07, 6.45) is 2.47. The van der Waals surface area contributed by atoms with Crippen molar-refractivity contribution in [3.8, 4) is 5.75 Å². The summed E-state index contributed by atoms with van der Waals surface area (Å²) in [5, 5.41) is 0. The summed E-state index contributed by atoms with van der Waals surface area (Å²) in [5.41, 5.74) is 2.25. The first-order valence-electron chi connectivity index (χ1n) is 6.75. The predicted octanol–water partition coefficient (Wildman–Crippen LogP) is 2.43. The summed E-state index contributed by atoms with van der Waals surface area (Å²) >= 11 is 0. The summed E-state index contributed by atoms with van der Waals surface area (Å²) in [5.74, 6) is 0.0976. The van der Waals surface area contributed by atoms with Crippen molar-refractivity contribution >= 4 is 5.91 Å². The lowest BCUT2D eigenvalue weighted by atomic mass is 10.0. The van der Waals surface area contributed by atoms with E-state index >= 15 is 0 Å². The number of carbonyl (C=O) groups is 1. The number of hydrogen-bond donors (Lipinski definition) is 0. The minimum absolute atomic E-state index is 0.0173. The Labute approximate surface area is 122 Å². The van der Waals surface area contributed by atoms with E-state index in [1.165, 1.54) is 12.1 Å². The van der Waals surface area contributed by atoms with Gasteiger partial charge in [-0.2, -0.15) is 0 Å². The number of likely N-dealkylation sites (N-methyl/N-ethyl adjacent to an activating group) is 1. The van der Waals surface area contributed by atoms with Crippen LogP contribution in [0.4, 0.5) is 4.39 Å². The number of rotatable bonds is 3. The highest BCUT2D eigenvalue weighted by Gasteiger charge is 2.22. The standard InChI is InChI=1S/C16H15FN2O2/c1-19-6-5-15-14(16(19)20)7-11(9-18-15)10-21-13-4-2-3-12(17)8-13/h2-4,7-9H,5-6,10H2,1H3. The second-order valence-corrected chi connectivity index (χ2v) is 5.06. The molecule has 4 nitrogen and oxygen atoms in total. The fraction of sp³-hybridized carbons (Fsp3) is 0.250. The Morgan fingerprint density at radius 1 is 1.38 bits per heavy atom. The van der Waals surface area contributed by atoms with Gasteiger partial charge in [0, 0.05) is 37.8 Å². The Bertz CT molecular complexity index is 688. The van der Waals surface area contributed by atoms with Crippen molar-refractivity contribution < 1.29 is 13.9 Å². The Balaban J connectivity index is 1.76. The number of pyridine rings is 1. The van der Waals surface area contributed by atoms with Gasteiger partial charge >= 0.3 is 0 Å². The first-order chi connectivity index (χ1) is 10.1. The van der Waals surface area contributed by atoms with Crippen LogP contribution in [0.2, 0.25) is 0 Å². The van der Waals surface area contributed by atoms with E-state index < -0.39 is 0 Å². The Morgan fingerprint density at radius 2 is 2.24 bits per heavy atom. The van der Waals surface area contributed by atoms with Crippen LogP contribution >= 0.6 is 0 Å². The van der Waals surface area contributed by atoms with Gasteiger partial charge in [0.15, 0.2) is 0 Å². The van der Waals surface area contributed by atoms with Gasteiger partial charge < -0.3 is 9.64 Å². The molecule has 0 spiro atoms. The molecular formula is C16H15FN2O2. The van der Waals surface area contributed by atoms with Crippen LogP contribution in [-0.2, 0) is 13.0 Å². The van der Waals surface area contributed by atoms with Gasteiger partial charge in [-0.1, -0.05) is 6.07 Å². The first-order valence-corrected chi connectivity index (χ1v) is 6.75. The van der Waals surface area contributed by atoms with Crippen LogP contribution in [0.5, 0.6) is 5.75 Å². The number of nitrogens with zero attached hydrogens (tertiary/aromatic N) is 2. The number of amides is 1. The van der Waals surface area contributed by atoms with Crippen LogP contribution in [0.3, 0.4) is 0 Å². The van der Waals surface area contributed by atoms with Gasteiger partial charge in [0.25, 0.3) is 5.91 Å². The minimum atomic E-state index is -0.340. The third-order valence-corrected chi connectivity index (χ3v) is 3.49. The molecule has 0 saturated heterocycles. The summed E-state index contributed by atoms with van der Waals surface area (Å²) in [6, 6.07) is 7.77. The van der Waals surface area contributed by atoms with Crippen LogP contribution in [0.1, 0.15) is 21.6 Å². The SMILES string of the molecule is CN1CCc2ncc(COc3cccc(F)c3)cc2C1=O. The highest BCUT2D eigenvalue weighted by Crippen LogP contribution is 2.19. The summed E-state index contributed by atoms with van der Waals surface area (Å²) in [4.78, 5) is 18.1. The van der Waals surface area contributed by atoms with Gasteiger partial charge in [0.05, 0.1) is 11.3 Å².